The van der Waals surface area contributed by atoms with Gasteiger partial charge in [0, 0.05) is 17.8 Å². The maximum absolute atomic E-state index is 14.0. The van der Waals surface area contributed by atoms with Gasteiger partial charge in [-0.3, -0.25) is 4.79 Å². The minimum atomic E-state index is -1.49. The Kier molecular flexibility index (Phi) is 6.13. The largest absolute Gasteiger partial charge is 0.495 e. The number of aromatic nitrogens is 2. The van der Waals surface area contributed by atoms with Crippen LogP contribution in [0.2, 0.25) is 0 Å². The average molecular weight is 482 g/mol. The number of methoxy groups -OCH3 is 1. The van der Waals surface area contributed by atoms with Gasteiger partial charge in [0.2, 0.25) is 0 Å². The Morgan fingerprint density at radius 3 is 2.54 bits per heavy atom. The number of aryl methyl sites for hydroxylation is 1. The van der Waals surface area contributed by atoms with Gasteiger partial charge in [-0.2, -0.15) is 0 Å². The van der Waals surface area contributed by atoms with Gasteiger partial charge in [-0.05, 0) is 80.5 Å². The van der Waals surface area contributed by atoms with Crippen LogP contribution in [0.5, 0.6) is 5.75 Å². The summed E-state index contributed by atoms with van der Waals surface area (Å²) in [5.74, 6) is -3.46. The first-order chi connectivity index (χ1) is 16.9. The third-order valence-electron chi connectivity index (χ3n) is 6.93. The lowest BCUT2D eigenvalue weighted by Crippen LogP contribution is -2.49. The molecule has 1 aromatic heterocycles. The summed E-state index contributed by atoms with van der Waals surface area (Å²) in [4.78, 5) is 19.6. The van der Waals surface area contributed by atoms with Crippen molar-refractivity contribution < 1.29 is 22.7 Å². The van der Waals surface area contributed by atoms with Gasteiger partial charge in [0.1, 0.15) is 5.75 Å². The van der Waals surface area contributed by atoms with Crippen LogP contribution in [0, 0.1) is 24.4 Å². The molecule has 0 aliphatic carbocycles. The quantitative estimate of drug-likeness (QED) is 0.344. The number of carbonyl (C=O) groups excluding carboxylic acids is 1. The molecule has 0 radical (unpaired) electrons. The van der Waals surface area contributed by atoms with Crippen molar-refractivity contribution in [3.8, 4) is 11.4 Å². The van der Waals surface area contributed by atoms with Crippen molar-refractivity contribution in [3.63, 3.8) is 0 Å². The number of halogens is 3. The summed E-state index contributed by atoms with van der Waals surface area (Å²) in [7, 11) is 1.59. The van der Waals surface area contributed by atoms with Crippen LogP contribution in [-0.4, -0.2) is 33.5 Å². The van der Waals surface area contributed by atoms with E-state index in [2.05, 4.69) is 4.98 Å². The molecular formula is C27H26F3N3O2. The smallest absolute Gasteiger partial charge is 0.250 e. The van der Waals surface area contributed by atoms with Crippen LogP contribution in [0.3, 0.4) is 0 Å². The Morgan fingerprint density at radius 1 is 1.09 bits per heavy atom. The standard InChI is InChI=1S/C27H26F3N3O2/c1-16-14-32(15-31-16)24-9-6-17(11-25(24)35-2)10-18-7-8-20-4-3-5-23(33(20)27(18)34)19-12-21(28)26(30)22(29)13-19/h6,9-15,20,23H,3-5,7-8H2,1-2H3/b18-10+/t20-,23-/m0/s1. The van der Waals surface area contributed by atoms with E-state index in [1.54, 1.807) is 18.3 Å². The maximum atomic E-state index is 14.0. The minimum Gasteiger partial charge on any atom is -0.495 e. The van der Waals surface area contributed by atoms with Crippen molar-refractivity contribution in [2.75, 3.05) is 7.11 Å². The molecular weight excluding hydrogens is 455 g/mol. The fourth-order valence-corrected chi connectivity index (χ4v) is 5.25. The van der Waals surface area contributed by atoms with Crippen LogP contribution in [0.1, 0.15) is 55.0 Å². The van der Waals surface area contributed by atoms with Crippen molar-refractivity contribution in [2.45, 2.75) is 51.1 Å². The highest BCUT2D eigenvalue weighted by molar-refractivity contribution is 5.99. The van der Waals surface area contributed by atoms with Crippen LogP contribution in [0.4, 0.5) is 13.2 Å². The molecule has 5 nitrogen and oxygen atoms in total. The molecule has 2 atom stereocenters. The number of benzene rings is 2. The van der Waals surface area contributed by atoms with E-state index in [1.165, 1.54) is 0 Å². The molecule has 5 rings (SSSR count). The average Bonchev–Trinajstić information content (AvgIpc) is 3.29. The molecule has 2 aromatic carbocycles. The van der Waals surface area contributed by atoms with Crippen LogP contribution in [0.15, 0.2) is 48.4 Å². The first-order valence-corrected chi connectivity index (χ1v) is 11.7. The molecule has 0 unspecified atom stereocenters. The van der Waals surface area contributed by atoms with Crippen molar-refractivity contribution >= 4 is 12.0 Å². The second-order valence-electron chi connectivity index (χ2n) is 9.17. The molecule has 35 heavy (non-hydrogen) atoms. The summed E-state index contributed by atoms with van der Waals surface area (Å²) >= 11 is 0. The van der Waals surface area contributed by atoms with E-state index in [9.17, 15) is 18.0 Å². The van der Waals surface area contributed by atoms with Crippen molar-refractivity contribution in [3.05, 3.63) is 82.7 Å². The summed E-state index contributed by atoms with van der Waals surface area (Å²) in [6.07, 6.45) is 9.10. The molecule has 3 heterocycles. The van der Waals surface area contributed by atoms with E-state index in [4.69, 9.17) is 4.74 Å². The van der Waals surface area contributed by atoms with Gasteiger partial charge in [-0.1, -0.05) is 6.07 Å². The molecule has 8 heteroatoms. The lowest BCUT2D eigenvalue weighted by atomic mass is 9.83. The monoisotopic (exact) mass is 481 g/mol. The minimum absolute atomic E-state index is 0.00373. The highest BCUT2D eigenvalue weighted by Crippen LogP contribution is 2.41. The second-order valence-corrected chi connectivity index (χ2v) is 9.17. The maximum Gasteiger partial charge on any atom is 0.250 e. The summed E-state index contributed by atoms with van der Waals surface area (Å²) in [5.41, 5.74) is 3.46. The number of hydrogen-bond donors (Lipinski definition) is 0. The highest BCUT2D eigenvalue weighted by Gasteiger charge is 2.39. The van der Waals surface area contributed by atoms with E-state index in [0.717, 1.165) is 48.3 Å². The molecule has 2 saturated heterocycles. The van der Waals surface area contributed by atoms with Gasteiger partial charge in [0.05, 0.1) is 30.9 Å². The number of fused-ring (bicyclic) bond motifs is 1. The lowest BCUT2D eigenvalue weighted by Gasteiger charge is -2.46. The fraction of sp³-hybridized carbons (Fsp3) is 0.333. The predicted octanol–water partition coefficient (Wildman–Crippen LogP) is 5.91. The van der Waals surface area contributed by atoms with Crippen LogP contribution >= 0.6 is 0 Å². The molecule has 182 valence electrons. The zero-order chi connectivity index (χ0) is 24.7. The number of rotatable bonds is 4. The highest BCUT2D eigenvalue weighted by atomic mass is 19.2. The SMILES string of the molecule is COc1cc(/C=C2\CC[C@@H]3CCC[C@@H](c4cc(F)c(F)c(F)c4)N3C2=O)ccc1-n1cnc(C)c1. The normalized spacial score (nSPS) is 21.3. The zero-order valence-corrected chi connectivity index (χ0v) is 19.6. The fourth-order valence-electron chi connectivity index (χ4n) is 5.25. The Hall–Kier alpha value is -3.55. The van der Waals surface area contributed by atoms with E-state index in [-0.39, 0.29) is 11.9 Å². The van der Waals surface area contributed by atoms with Gasteiger partial charge >= 0.3 is 0 Å². The molecule has 1 amide bonds. The van der Waals surface area contributed by atoms with Gasteiger partial charge < -0.3 is 14.2 Å². The Morgan fingerprint density at radius 2 is 1.86 bits per heavy atom. The first kappa shape index (κ1) is 23.2. The number of carbonyl (C=O) groups is 1. The molecule has 0 saturated carbocycles. The Bertz CT molecular complexity index is 1290. The number of piperidine rings is 2. The molecule has 2 aliphatic rings. The van der Waals surface area contributed by atoms with Crippen LogP contribution in [-0.2, 0) is 4.79 Å². The topological polar surface area (TPSA) is 47.4 Å². The summed E-state index contributed by atoms with van der Waals surface area (Å²) in [6.45, 7) is 1.91. The number of ether oxygens (including phenoxy) is 1. The van der Waals surface area contributed by atoms with Crippen LogP contribution in [0.25, 0.3) is 11.8 Å². The van der Waals surface area contributed by atoms with Crippen molar-refractivity contribution in [1.29, 1.82) is 0 Å². The molecule has 0 spiro atoms. The first-order valence-electron chi connectivity index (χ1n) is 11.7. The summed E-state index contributed by atoms with van der Waals surface area (Å²) in [5, 5.41) is 0. The summed E-state index contributed by atoms with van der Waals surface area (Å²) in [6, 6.07) is 7.23. The van der Waals surface area contributed by atoms with Crippen molar-refractivity contribution in [1.82, 2.24) is 14.5 Å². The molecule has 0 N–H and O–H groups in total. The molecule has 3 aromatic rings. The summed E-state index contributed by atoms with van der Waals surface area (Å²) < 4.78 is 48.9. The van der Waals surface area contributed by atoms with Gasteiger partial charge in [-0.25, -0.2) is 18.2 Å². The third-order valence-corrected chi connectivity index (χ3v) is 6.93. The predicted molar refractivity (Wildman–Crippen MR) is 126 cm³/mol. The number of nitrogens with zero attached hydrogens (tertiary/aromatic N) is 3. The van der Waals surface area contributed by atoms with E-state index in [0.29, 0.717) is 29.7 Å². The molecule has 2 aliphatic heterocycles. The van der Waals surface area contributed by atoms with Gasteiger partial charge in [0.25, 0.3) is 5.91 Å². The second kappa shape index (κ2) is 9.24. The molecule has 2 fully saturated rings. The molecule has 0 bridgehead atoms. The van der Waals surface area contributed by atoms with E-state index < -0.39 is 23.5 Å². The van der Waals surface area contributed by atoms with Crippen molar-refractivity contribution in [2.24, 2.45) is 0 Å². The van der Waals surface area contributed by atoms with E-state index in [1.807, 2.05) is 42.0 Å². The zero-order valence-electron chi connectivity index (χ0n) is 19.6. The van der Waals surface area contributed by atoms with Gasteiger partial charge in [0.15, 0.2) is 17.5 Å². The van der Waals surface area contributed by atoms with Gasteiger partial charge in [-0.15, -0.1) is 0 Å². The number of amides is 1. The number of hydrogen-bond acceptors (Lipinski definition) is 3. The van der Waals surface area contributed by atoms with E-state index >= 15 is 0 Å². The Balaban J connectivity index is 1.46. The lowest BCUT2D eigenvalue weighted by molar-refractivity contribution is -0.136. The third kappa shape index (κ3) is 4.33. The Labute approximate surface area is 201 Å². The number of imidazole rings is 1. The van der Waals surface area contributed by atoms with Crippen LogP contribution < -0.4 is 4.74 Å².